The van der Waals surface area contributed by atoms with E-state index in [1.54, 1.807) is 23.5 Å². The molecule has 0 bridgehead atoms. The van der Waals surface area contributed by atoms with Crippen LogP contribution in [0.2, 0.25) is 0 Å². The van der Waals surface area contributed by atoms with Gasteiger partial charge in [-0.2, -0.15) is 0 Å². The molecule has 4 rings (SSSR count). The number of sulfonamides is 1. The molecule has 10 heteroatoms. The van der Waals surface area contributed by atoms with Crippen LogP contribution in [0.4, 0.5) is 5.95 Å². The topological polar surface area (TPSA) is 111 Å². The molecule has 2 N–H and O–H groups in total. The van der Waals surface area contributed by atoms with Crippen molar-refractivity contribution in [3.63, 3.8) is 0 Å². The number of ether oxygens (including phenoxy) is 1. The van der Waals surface area contributed by atoms with Gasteiger partial charge in [-0.15, -0.1) is 11.3 Å². The lowest BCUT2D eigenvalue weighted by Crippen LogP contribution is -2.34. The van der Waals surface area contributed by atoms with Crippen molar-refractivity contribution in [1.82, 2.24) is 15.0 Å². The highest BCUT2D eigenvalue weighted by molar-refractivity contribution is 7.89. The molecule has 0 unspecified atom stereocenters. The number of thiazole rings is 1. The SMILES string of the molecule is CCc1cnc(N2CCC(c3nc(COc4ccc(S(N)(=O)=O)cc4)cs3)CC2)nc1. The van der Waals surface area contributed by atoms with E-state index in [2.05, 4.69) is 21.8 Å². The minimum atomic E-state index is -3.70. The highest BCUT2D eigenvalue weighted by Gasteiger charge is 2.24. The van der Waals surface area contributed by atoms with Crippen LogP contribution in [0, 0.1) is 0 Å². The average molecular weight is 460 g/mol. The highest BCUT2D eigenvalue weighted by Crippen LogP contribution is 2.31. The predicted octanol–water partition coefficient (Wildman–Crippen LogP) is 3.11. The molecule has 0 aliphatic carbocycles. The lowest BCUT2D eigenvalue weighted by Gasteiger charge is -2.31. The Morgan fingerprint density at radius 3 is 2.45 bits per heavy atom. The van der Waals surface area contributed by atoms with Crippen LogP contribution in [-0.4, -0.2) is 36.5 Å². The first-order chi connectivity index (χ1) is 14.9. The Morgan fingerprint density at radius 1 is 1.16 bits per heavy atom. The first-order valence-electron chi connectivity index (χ1n) is 10.2. The van der Waals surface area contributed by atoms with Crippen LogP contribution < -0.4 is 14.8 Å². The zero-order chi connectivity index (χ0) is 21.8. The van der Waals surface area contributed by atoms with Gasteiger partial charge in [-0.1, -0.05) is 6.92 Å². The second kappa shape index (κ2) is 9.29. The summed E-state index contributed by atoms with van der Waals surface area (Å²) in [6.45, 7) is 4.26. The van der Waals surface area contributed by atoms with E-state index in [0.29, 0.717) is 18.3 Å². The van der Waals surface area contributed by atoms with E-state index >= 15 is 0 Å². The van der Waals surface area contributed by atoms with Gasteiger partial charge in [0.25, 0.3) is 0 Å². The van der Waals surface area contributed by atoms with E-state index in [4.69, 9.17) is 14.9 Å². The number of anilines is 1. The first-order valence-corrected chi connectivity index (χ1v) is 12.6. The van der Waals surface area contributed by atoms with Crippen LogP contribution in [-0.2, 0) is 23.1 Å². The molecule has 1 aromatic carbocycles. The fraction of sp³-hybridized carbons (Fsp3) is 0.381. The van der Waals surface area contributed by atoms with Crippen LogP contribution in [0.3, 0.4) is 0 Å². The monoisotopic (exact) mass is 459 g/mol. The summed E-state index contributed by atoms with van der Waals surface area (Å²) in [6, 6.07) is 6.06. The van der Waals surface area contributed by atoms with Gasteiger partial charge in [0.05, 0.1) is 15.6 Å². The van der Waals surface area contributed by atoms with E-state index in [1.165, 1.54) is 12.1 Å². The largest absolute Gasteiger partial charge is 0.487 e. The third-order valence-electron chi connectivity index (χ3n) is 5.34. The molecular weight excluding hydrogens is 434 g/mol. The van der Waals surface area contributed by atoms with Crippen molar-refractivity contribution in [2.45, 2.75) is 43.6 Å². The van der Waals surface area contributed by atoms with E-state index in [0.717, 1.165) is 54.6 Å². The molecule has 8 nitrogen and oxygen atoms in total. The molecule has 1 aliphatic rings. The molecule has 0 spiro atoms. The third kappa shape index (κ3) is 5.38. The van der Waals surface area contributed by atoms with Gasteiger partial charge >= 0.3 is 0 Å². The second-order valence-corrected chi connectivity index (χ2v) is 9.94. The molecule has 0 amide bonds. The molecule has 1 aliphatic heterocycles. The summed E-state index contributed by atoms with van der Waals surface area (Å²) >= 11 is 1.66. The first kappa shape index (κ1) is 21.7. The van der Waals surface area contributed by atoms with Crippen LogP contribution >= 0.6 is 11.3 Å². The maximum atomic E-state index is 11.3. The Morgan fingerprint density at radius 2 is 1.84 bits per heavy atom. The molecule has 1 saturated heterocycles. The standard InChI is InChI=1S/C21H25N5O3S2/c1-2-15-11-23-21(24-12-15)26-9-7-16(8-10-26)20-25-17(14-30-20)13-29-18-3-5-19(6-4-18)31(22,27)28/h3-6,11-12,14,16H,2,7-10,13H2,1H3,(H2,22,27,28). The number of hydrogen-bond donors (Lipinski definition) is 1. The summed E-state index contributed by atoms with van der Waals surface area (Å²) < 4.78 is 28.4. The van der Waals surface area contributed by atoms with Gasteiger partial charge in [0.15, 0.2) is 0 Å². The predicted molar refractivity (Wildman–Crippen MR) is 120 cm³/mol. The van der Waals surface area contributed by atoms with Crippen molar-refractivity contribution in [1.29, 1.82) is 0 Å². The number of benzene rings is 1. The van der Waals surface area contributed by atoms with E-state index in [9.17, 15) is 8.42 Å². The number of piperidine rings is 1. The molecule has 3 heterocycles. The van der Waals surface area contributed by atoms with Crippen molar-refractivity contribution < 1.29 is 13.2 Å². The minimum Gasteiger partial charge on any atom is -0.487 e. The van der Waals surface area contributed by atoms with Gasteiger partial charge in [-0.25, -0.2) is 28.5 Å². The maximum absolute atomic E-state index is 11.3. The Bertz CT molecular complexity index is 1110. The van der Waals surface area contributed by atoms with Crippen LogP contribution in [0.15, 0.2) is 46.9 Å². The molecule has 31 heavy (non-hydrogen) atoms. The number of nitrogens with two attached hydrogens (primary N) is 1. The fourth-order valence-corrected chi connectivity index (χ4v) is 4.97. The normalized spacial score (nSPS) is 15.2. The zero-order valence-corrected chi connectivity index (χ0v) is 18.9. The van der Waals surface area contributed by atoms with Gasteiger partial charge in [0.2, 0.25) is 16.0 Å². The summed E-state index contributed by atoms with van der Waals surface area (Å²) in [5.41, 5.74) is 2.02. The van der Waals surface area contributed by atoms with Gasteiger partial charge in [0, 0.05) is 36.8 Å². The summed E-state index contributed by atoms with van der Waals surface area (Å²) in [6.07, 6.45) is 6.79. The number of aryl methyl sites for hydroxylation is 1. The van der Waals surface area contributed by atoms with Crippen LogP contribution in [0.1, 0.15) is 41.9 Å². The van der Waals surface area contributed by atoms with Crippen molar-refractivity contribution in [3.05, 3.63) is 58.3 Å². The molecular formula is C21H25N5O3S2. The maximum Gasteiger partial charge on any atom is 0.238 e. The number of hydrogen-bond acceptors (Lipinski definition) is 8. The quantitative estimate of drug-likeness (QED) is 0.578. The van der Waals surface area contributed by atoms with Crippen molar-refractivity contribution in [2.24, 2.45) is 5.14 Å². The second-order valence-electron chi connectivity index (χ2n) is 7.49. The molecule has 164 valence electrons. The van der Waals surface area contributed by atoms with Crippen molar-refractivity contribution in [3.8, 4) is 5.75 Å². The molecule has 0 saturated carbocycles. The van der Waals surface area contributed by atoms with Gasteiger partial charge in [0.1, 0.15) is 12.4 Å². The summed E-state index contributed by atoms with van der Waals surface area (Å²) in [7, 11) is -3.70. The minimum absolute atomic E-state index is 0.0637. The summed E-state index contributed by atoms with van der Waals surface area (Å²) in [4.78, 5) is 16.0. The average Bonchev–Trinajstić information content (AvgIpc) is 3.27. The van der Waals surface area contributed by atoms with E-state index in [-0.39, 0.29) is 4.90 Å². The lowest BCUT2D eigenvalue weighted by molar-refractivity contribution is 0.301. The Labute approximate surface area is 186 Å². The molecule has 0 radical (unpaired) electrons. The van der Waals surface area contributed by atoms with Gasteiger partial charge in [-0.05, 0) is 49.1 Å². The van der Waals surface area contributed by atoms with Crippen LogP contribution in [0.5, 0.6) is 5.75 Å². The number of nitrogens with zero attached hydrogens (tertiary/aromatic N) is 4. The van der Waals surface area contributed by atoms with E-state index < -0.39 is 10.0 Å². The third-order valence-corrected chi connectivity index (χ3v) is 7.32. The zero-order valence-electron chi connectivity index (χ0n) is 17.3. The number of aromatic nitrogens is 3. The number of primary sulfonamides is 1. The van der Waals surface area contributed by atoms with Crippen LogP contribution in [0.25, 0.3) is 0 Å². The van der Waals surface area contributed by atoms with Gasteiger partial charge < -0.3 is 9.64 Å². The molecule has 0 atom stereocenters. The van der Waals surface area contributed by atoms with Crippen molar-refractivity contribution >= 4 is 27.3 Å². The van der Waals surface area contributed by atoms with E-state index in [1.807, 2.05) is 17.8 Å². The summed E-state index contributed by atoms with van der Waals surface area (Å²) in [5, 5.41) is 8.26. The molecule has 1 fully saturated rings. The molecule has 2 aromatic heterocycles. The number of rotatable bonds is 7. The fourth-order valence-electron chi connectivity index (χ4n) is 3.48. The Hall–Kier alpha value is -2.56. The smallest absolute Gasteiger partial charge is 0.238 e. The Balaban J connectivity index is 1.30. The van der Waals surface area contributed by atoms with Gasteiger partial charge in [-0.3, -0.25) is 0 Å². The lowest BCUT2D eigenvalue weighted by atomic mass is 9.98. The summed E-state index contributed by atoms with van der Waals surface area (Å²) in [5.74, 6) is 1.81. The Kier molecular flexibility index (Phi) is 6.49. The highest BCUT2D eigenvalue weighted by atomic mass is 32.2. The van der Waals surface area contributed by atoms with Crippen molar-refractivity contribution in [2.75, 3.05) is 18.0 Å². The molecule has 3 aromatic rings.